The summed E-state index contributed by atoms with van der Waals surface area (Å²) in [5.41, 5.74) is 0. The van der Waals surface area contributed by atoms with Crippen LogP contribution in [0.3, 0.4) is 0 Å². The number of hydrogen-bond acceptors (Lipinski definition) is 1. The molecule has 0 radical (unpaired) electrons. The third-order valence-electron chi connectivity index (χ3n) is 2.35. The number of likely N-dealkylation sites (tertiary alicyclic amines) is 1. The molecule has 1 aliphatic heterocycles. The molecular formula is C11H17NO. The SMILES string of the molecule is CC#CCCC(=O)N1CCCCC1. The van der Waals surface area contributed by atoms with Crippen molar-refractivity contribution < 1.29 is 4.79 Å². The number of nitrogens with zero attached hydrogens (tertiary/aromatic N) is 1. The summed E-state index contributed by atoms with van der Waals surface area (Å²) in [5, 5.41) is 0. The maximum Gasteiger partial charge on any atom is 0.223 e. The number of hydrogen-bond donors (Lipinski definition) is 0. The summed E-state index contributed by atoms with van der Waals surface area (Å²) in [6.45, 7) is 3.72. The Balaban J connectivity index is 2.23. The fourth-order valence-electron chi connectivity index (χ4n) is 1.60. The second-order valence-electron chi connectivity index (χ2n) is 3.37. The van der Waals surface area contributed by atoms with Gasteiger partial charge in [-0.15, -0.1) is 11.8 Å². The number of piperidine rings is 1. The van der Waals surface area contributed by atoms with E-state index in [0.29, 0.717) is 12.8 Å². The van der Waals surface area contributed by atoms with E-state index >= 15 is 0 Å². The standard InChI is InChI=1S/C11H17NO/c1-2-3-5-8-11(13)12-9-6-4-7-10-12/h4-10H2,1H3. The van der Waals surface area contributed by atoms with Crippen LogP contribution in [-0.2, 0) is 4.79 Å². The van der Waals surface area contributed by atoms with Gasteiger partial charge in [0.15, 0.2) is 0 Å². The van der Waals surface area contributed by atoms with Gasteiger partial charge in [-0.1, -0.05) is 0 Å². The highest BCUT2D eigenvalue weighted by molar-refractivity contribution is 5.76. The van der Waals surface area contributed by atoms with Crippen LogP contribution in [0.4, 0.5) is 0 Å². The average molecular weight is 179 g/mol. The van der Waals surface area contributed by atoms with Crippen molar-refractivity contribution in [3.8, 4) is 11.8 Å². The lowest BCUT2D eigenvalue weighted by molar-refractivity contribution is -0.131. The number of amides is 1. The largest absolute Gasteiger partial charge is 0.343 e. The third kappa shape index (κ3) is 3.50. The molecule has 1 fully saturated rings. The molecule has 1 rings (SSSR count). The summed E-state index contributed by atoms with van der Waals surface area (Å²) in [6, 6.07) is 0. The van der Waals surface area contributed by atoms with Crippen molar-refractivity contribution in [3.05, 3.63) is 0 Å². The van der Waals surface area contributed by atoms with Crippen LogP contribution in [0, 0.1) is 11.8 Å². The normalized spacial score (nSPS) is 16.2. The van der Waals surface area contributed by atoms with Crippen LogP contribution in [-0.4, -0.2) is 23.9 Å². The molecule has 0 unspecified atom stereocenters. The molecule has 0 aromatic rings. The van der Waals surface area contributed by atoms with Crippen molar-refractivity contribution in [2.75, 3.05) is 13.1 Å². The van der Waals surface area contributed by atoms with Crippen LogP contribution in [0.2, 0.25) is 0 Å². The zero-order chi connectivity index (χ0) is 9.52. The zero-order valence-electron chi connectivity index (χ0n) is 8.31. The molecule has 72 valence electrons. The second kappa shape index (κ2) is 5.64. The minimum absolute atomic E-state index is 0.280. The Morgan fingerprint density at radius 3 is 2.62 bits per heavy atom. The smallest absolute Gasteiger partial charge is 0.223 e. The Morgan fingerprint density at radius 2 is 2.00 bits per heavy atom. The molecule has 2 nitrogen and oxygen atoms in total. The van der Waals surface area contributed by atoms with Gasteiger partial charge in [-0.2, -0.15) is 0 Å². The van der Waals surface area contributed by atoms with E-state index in [4.69, 9.17) is 0 Å². The first-order chi connectivity index (χ1) is 6.34. The van der Waals surface area contributed by atoms with Gasteiger partial charge in [-0.3, -0.25) is 4.79 Å². The molecule has 13 heavy (non-hydrogen) atoms. The van der Waals surface area contributed by atoms with Crippen molar-refractivity contribution in [1.82, 2.24) is 4.90 Å². The molecule has 0 bridgehead atoms. The first-order valence-corrected chi connectivity index (χ1v) is 5.02. The van der Waals surface area contributed by atoms with Crippen molar-refractivity contribution >= 4 is 5.91 Å². The van der Waals surface area contributed by atoms with Gasteiger partial charge in [0.05, 0.1) is 0 Å². The molecule has 0 N–H and O–H groups in total. The van der Waals surface area contributed by atoms with Gasteiger partial charge in [0, 0.05) is 25.9 Å². The van der Waals surface area contributed by atoms with E-state index in [1.165, 1.54) is 19.3 Å². The lowest BCUT2D eigenvalue weighted by Crippen LogP contribution is -2.35. The lowest BCUT2D eigenvalue weighted by atomic mass is 10.1. The highest BCUT2D eigenvalue weighted by atomic mass is 16.2. The van der Waals surface area contributed by atoms with E-state index in [0.717, 1.165) is 13.1 Å². The quantitative estimate of drug-likeness (QED) is 0.592. The molecule has 1 heterocycles. The Morgan fingerprint density at radius 1 is 1.31 bits per heavy atom. The van der Waals surface area contributed by atoms with Gasteiger partial charge in [0.25, 0.3) is 0 Å². The van der Waals surface area contributed by atoms with Gasteiger partial charge >= 0.3 is 0 Å². The summed E-state index contributed by atoms with van der Waals surface area (Å²) in [4.78, 5) is 13.5. The van der Waals surface area contributed by atoms with Crippen LogP contribution < -0.4 is 0 Å². The molecule has 2 heteroatoms. The van der Waals surface area contributed by atoms with Crippen LogP contribution in [0.5, 0.6) is 0 Å². The number of carbonyl (C=O) groups excluding carboxylic acids is 1. The van der Waals surface area contributed by atoms with E-state index in [2.05, 4.69) is 11.8 Å². The molecule has 1 aliphatic rings. The monoisotopic (exact) mass is 179 g/mol. The van der Waals surface area contributed by atoms with Crippen LogP contribution in [0.25, 0.3) is 0 Å². The van der Waals surface area contributed by atoms with Crippen molar-refractivity contribution in [3.63, 3.8) is 0 Å². The predicted octanol–water partition coefficient (Wildman–Crippen LogP) is 1.80. The first kappa shape index (κ1) is 10.1. The maximum absolute atomic E-state index is 11.5. The van der Waals surface area contributed by atoms with Gasteiger partial charge in [0.1, 0.15) is 0 Å². The molecule has 1 amide bonds. The Kier molecular flexibility index (Phi) is 4.39. The highest BCUT2D eigenvalue weighted by Crippen LogP contribution is 2.10. The summed E-state index contributed by atoms with van der Waals surface area (Å²) < 4.78 is 0. The molecule has 0 saturated carbocycles. The third-order valence-corrected chi connectivity index (χ3v) is 2.35. The molecule has 1 saturated heterocycles. The van der Waals surface area contributed by atoms with E-state index in [1.807, 2.05) is 11.8 Å². The van der Waals surface area contributed by atoms with Gasteiger partial charge < -0.3 is 4.90 Å². The summed E-state index contributed by atoms with van der Waals surface area (Å²) in [5.74, 6) is 6.01. The van der Waals surface area contributed by atoms with Crippen LogP contribution in [0.1, 0.15) is 39.0 Å². The topological polar surface area (TPSA) is 20.3 Å². The summed E-state index contributed by atoms with van der Waals surface area (Å²) >= 11 is 0. The molecule has 0 aromatic carbocycles. The Labute approximate surface area is 80.3 Å². The molecule has 0 aromatic heterocycles. The van der Waals surface area contributed by atoms with E-state index < -0.39 is 0 Å². The van der Waals surface area contributed by atoms with Crippen molar-refractivity contribution in [2.45, 2.75) is 39.0 Å². The highest BCUT2D eigenvalue weighted by Gasteiger charge is 2.14. The Bertz CT molecular complexity index is 218. The zero-order valence-corrected chi connectivity index (χ0v) is 8.31. The Hall–Kier alpha value is -0.970. The number of rotatable bonds is 2. The molecule has 0 aliphatic carbocycles. The van der Waals surface area contributed by atoms with E-state index in [-0.39, 0.29) is 5.91 Å². The summed E-state index contributed by atoms with van der Waals surface area (Å²) in [7, 11) is 0. The fourth-order valence-corrected chi connectivity index (χ4v) is 1.60. The van der Waals surface area contributed by atoms with E-state index in [1.54, 1.807) is 0 Å². The lowest BCUT2D eigenvalue weighted by Gasteiger charge is -2.26. The van der Waals surface area contributed by atoms with Gasteiger partial charge in [-0.05, 0) is 26.2 Å². The van der Waals surface area contributed by atoms with Crippen LogP contribution in [0.15, 0.2) is 0 Å². The minimum Gasteiger partial charge on any atom is -0.343 e. The first-order valence-electron chi connectivity index (χ1n) is 5.02. The van der Waals surface area contributed by atoms with Crippen LogP contribution >= 0.6 is 0 Å². The molecule has 0 atom stereocenters. The molecule has 0 spiro atoms. The van der Waals surface area contributed by atoms with Crippen molar-refractivity contribution in [1.29, 1.82) is 0 Å². The average Bonchev–Trinajstić information content (AvgIpc) is 2.19. The number of carbonyl (C=O) groups is 1. The van der Waals surface area contributed by atoms with Gasteiger partial charge in [0.2, 0.25) is 5.91 Å². The minimum atomic E-state index is 0.280. The second-order valence-corrected chi connectivity index (χ2v) is 3.37. The van der Waals surface area contributed by atoms with Crippen molar-refractivity contribution in [2.24, 2.45) is 0 Å². The fraction of sp³-hybridized carbons (Fsp3) is 0.727. The van der Waals surface area contributed by atoms with E-state index in [9.17, 15) is 4.79 Å². The molecular weight excluding hydrogens is 162 g/mol. The maximum atomic E-state index is 11.5. The predicted molar refractivity (Wildman–Crippen MR) is 53.1 cm³/mol. The van der Waals surface area contributed by atoms with Gasteiger partial charge in [-0.25, -0.2) is 0 Å². The summed E-state index contributed by atoms with van der Waals surface area (Å²) in [6.07, 6.45) is 4.93.